The lowest BCUT2D eigenvalue weighted by molar-refractivity contribution is -0.137. The van der Waals surface area contributed by atoms with E-state index < -0.39 is 18.0 Å². The Labute approximate surface area is 125 Å². The number of hydrogen-bond acceptors (Lipinski definition) is 7. The predicted octanol–water partition coefficient (Wildman–Crippen LogP) is 1.98. The van der Waals surface area contributed by atoms with Gasteiger partial charge in [0.25, 0.3) is 0 Å². The first-order valence-corrected chi connectivity index (χ1v) is 7.02. The third kappa shape index (κ3) is 2.80. The van der Waals surface area contributed by atoms with Crippen molar-refractivity contribution in [2.75, 3.05) is 12.4 Å². The van der Waals surface area contributed by atoms with E-state index in [1.165, 1.54) is 25.4 Å². The van der Waals surface area contributed by atoms with Gasteiger partial charge in [-0.3, -0.25) is 4.79 Å². The van der Waals surface area contributed by atoms with Gasteiger partial charge in [-0.15, -0.1) is 11.3 Å². The van der Waals surface area contributed by atoms with Crippen molar-refractivity contribution in [3.63, 3.8) is 0 Å². The summed E-state index contributed by atoms with van der Waals surface area (Å²) in [7, 11) is 1.31. The zero-order valence-electron chi connectivity index (χ0n) is 12.1. The van der Waals surface area contributed by atoms with Crippen LogP contribution in [0, 0.1) is 13.8 Å². The summed E-state index contributed by atoms with van der Waals surface area (Å²) in [6, 6.07) is -0.802. The second-order valence-electron chi connectivity index (χ2n) is 4.55. The third-order valence-electron chi connectivity index (χ3n) is 3.00. The van der Waals surface area contributed by atoms with E-state index in [9.17, 15) is 9.59 Å². The van der Waals surface area contributed by atoms with Gasteiger partial charge >= 0.3 is 11.9 Å². The zero-order chi connectivity index (χ0) is 15.7. The van der Waals surface area contributed by atoms with Crippen molar-refractivity contribution in [2.24, 2.45) is 0 Å². The van der Waals surface area contributed by atoms with Gasteiger partial charge in [-0.25, -0.2) is 14.8 Å². The third-order valence-corrected chi connectivity index (χ3v) is 4.16. The summed E-state index contributed by atoms with van der Waals surface area (Å²) in [6.07, 6.45) is 0. The molecular weight excluding hydrogens is 294 g/mol. The van der Waals surface area contributed by atoms with Crippen molar-refractivity contribution in [1.29, 1.82) is 0 Å². The van der Waals surface area contributed by atoms with Gasteiger partial charge in [0.1, 0.15) is 27.4 Å². The lowest BCUT2D eigenvalue weighted by Crippen LogP contribution is -2.26. The van der Waals surface area contributed by atoms with Gasteiger partial charge in [0.05, 0.1) is 12.5 Å². The number of aliphatic carboxylic acids is 1. The largest absolute Gasteiger partial charge is 0.480 e. The van der Waals surface area contributed by atoms with E-state index in [1.54, 1.807) is 13.8 Å². The number of aromatic nitrogens is 2. The fourth-order valence-corrected chi connectivity index (χ4v) is 3.05. The molecule has 0 aromatic carbocycles. The number of anilines is 1. The summed E-state index contributed by atoms with van der Waals surface area (Å²) < 4.78 is 4.74. The summed E-state index contributed by atoms with van der Waals surface area (Å²) in [4.78, 5) is 32.4. The molecule has 2 N–H and O–H groups in total. The molecule has 112 valence electrons. The molecule has 0 amide bonds. The van der Waals surface area contributed by atoms with Gasteiger partial charge in [-0.05, 0) is 26.3 Å². The molecule has 2 aromatic heterocycles. The Morgan fingerprint density at radius 1 is 1.33 bits per heavy atom. The van der Waals surface area contributed by atoms with E-state index in [1.807, 2.05) is 0 Å². The molecular formula is C13H15N3O4S. The first kappa shape index (κ1) is 15.2. The highest BCUT2D eigenvalue weighted by molar-refractivity contribution is 7.20. The van der Waals surface area contributed by atoms with Crippen molar-refractivity contribution < 1.29 is 19.4 Å². The average Bonchev–Trinajstić information content (AvgIpc) is 2.74. The van der Waals surface area contributed by atoms with Gasteiger partial charge in [-0.2, -0.15) is 0 Å². The summed E-state index contributed by atoms with van der Waals surface area (Å²) in [5.41, 5.74) is 0.682. The fraction of sp³-hybridized carbons (Fsp3) is 0.385. The van der Waals surface area contributed by atoms with Crippen LogP contribution in [0.25, 0.3) is 10.2 Å². The number of aryl methyl sites for hydroxylation is 2. The van der Waals surface area contributed by atoms with E-state index in [0.29, 0.717) is 32.3 Å². The van der Waals surface area contributed by atoms with Crippen LogP contribution in [-0.2, 0) is 9.53 Å². The summed E-state index contributed by atoms with van der Waals surface area (Å²) in [5.74, 6) is -0.512. The highest BCUT2D eigenvalue weighted by Gasteiger charge is 2.22. The number of carboxylic acids is 1. The number of carbonyl (C=O) groups is 2. The maximum atomic E-state index is 11.8. The second kappa shape index (κ2) is 5.65. The molecule has 1 unspecified atom stereocenters. The molecule has 0 spiro atoms. The van der Waals surface area contributed by atoms with Crippen LogP contribution >= 0.6 is 11.3 Å². The minimum atomic E-state index is -0.986. The molecule has 1 atom stereocenters. The maximum Gasteiger partial charge on any atom is 0.348 e. The summed E-state index contributed by atoms with van der Waals surface area (Å²) >= 11 is 1.21. The van der Waals surface area contributed by atoms with Crippen LogP contribution in [0.3, 0.4) is 0 Å². The summed E-state index contributed by atoms with van der Waals surface area (Å²) in [5, 5.41) is 12.5. The predicted molar refractivity (Wildman–Crippen MR) is 78.9 cm³/mol. The smallest absolute Gasteiger partial charge is 0.348 e. The zero-order valence-corrected chi connectivity index (χ0v) is 12.9. The molecule has 8 heteroatoms. The fourth-order valence-electron chi connectivity index (χ4n) is 1.90. The maximum absolute atomic E-state index is 11.8. The number of methoxy groups -OCH3 is 1. The molecule has 0 aliphatic heterocycles. The molecule has 21 heavy (non-hydrogen) atoms. The van der Waals surface area contributed by atoms with Gasteiger partial charge in [-0.1, -0.05) is 0 Å². The van der Waals surface area contributed by atoms with Crippen molar-refractivity contribution >= 4 is 39.3 Å². The number of nitrogens with zero attached hydrogens (tertiary/aromatic N) is 2. The topological polar surface area (TPSA) is 101 Å². The monoisotopic (exact) mass is 309 g/mol. The number of carbonyl (C=O) groups excluding carboxylic acids is 1. The van der Waals surface area contributed by atoms with E-state index in [4.69, 9.17) is 9.84 Å². The minimum Gasteiger partial charge on any atom is -0.480 e. The van der Waals surface area contributed by atoms with E-state index in [-0.39, 0.29) is 0 Å². The number of carboxylic acid groups (broad SMARTS) is 1. The molecule has 2 aromatic rings. The van der Waals surface area contributed by atoms with Crippen LogP contribution in [0.15, 0.2) is 0 Å². The Hall–Kier alpha value is -2.22. The van der Waals surface area contributed by atoms with E-state index in [2.05, 4.69) is 15.3 Å². The number of hydrogen-bond donors (Lipinski definition) is 2. The average molecular weight is 309 g/mol. The Morgan fingerprint density at radius 3 is 2.57 bits per heavy atom. The first-order chi connectivity index (χ1) is 9.85. The second-order valence-corrected chi connectivity index (χ2v) is 5.55. The quantitative estimate of drug-likeness (QED) is 0.833. The molecule has 0 bridgehead atoms. The van der Waals surface area contributed by atoms with Crippen LogP contribution in [0.4, 0.5) is 5.82 Å². The highest BCUT2D eigenvalue weighted by Crippen LogP contribution is 2.34. The van der Waals surface area contributed by atoms with Crippen LogP contribution in [0.5, 0.6) is 0 Å². The Balaban J connectivity index is 2.62. The Morgan fingerprint density at radius 2 is 2.00 bits per heavy atom. The molecule has 0 radical (unpaired) electrons. The first-order valence-electron chi connectivity index (χ1n) is 6.20. The highest BCUT2D eigenvalue weighted by atomic mass is 32.1. The molecule has 0 aliphatic carbocycles. The summed E-state index contributed by atoms with van der Waals surface area (Å²) in [6.45, 7) is 5.00. The molecule has 7 nitrogen and oxygen atoms in total. The van der Waals surface area contributed by atoms with E-state index in [0.717, 1.165) is 0 Å². The number of rotatable bonds is 4. The van der Waals surface area contributed by atoms with E-state index >= 15 is 0 Å². The van der Waals surface area contributed by atoms with Crippen LogP contribution in [-0.4, -0.2) is 40.2 Å². The van der Waals surface area contributed by atoms with Gasteiger partial charge in [0, 0.05) is 0 Å². The van der Waals surface area contributed by atoms with Gasteiger partial charge in [0.15, 0.2) is 0 Å². The standard InChI is InChI=1S/C13H15N3O4S/c1-5-8-10(14-6(2)12(17)18)15-7(3)16-11(8)21-9(5)13(19)20-4/h6H,1-4H3,(H,17,18)(H,14,15,16). The van der Waals surface area contributed by atoms with Crippen LogP contribution in [0.1, 0.15) is 28.0 Å². The number of thiophene rings is 1. The lowest BCUT2D eigenvalue weighted by Gasteiger charge is -2.11. The van der Waals surface area contributed by atoms with Crippen molar-refractivity contribution in [2.45, 2.75) is 26.8 Å². The minimum absolute atomic E-state index is 0.413. The SMILES string of the molecule is COC(=O)c1sc2nc(C)nc(NC(C)C(=O)O)c2c1C. The molecule has 0 saturated carbocycles. The molecule has 2 heterocycles. The number of nitrogens with one attached hydrogen (secondary N) is 1. The number of esters is 1. The normalized spacial score (nSPS) is 12.2. The lowest BCUT2D eigenvalue weighted by atomic mass is 10.2. The van der Waals surface area contributed by atoms with Gasteiger partial charge in [0.2, 0.25) is 0 Å². The molecule has 0 saturated heterocycles. The molecule has 0 aliphatic rings. The Bertz CT molecular complexity index is 726. The van der Waals surface area contributed by atoms with Gasteiger partial charge < -0.3 is 15.2 Å². The van der Waals surface area contributed by atoms with Crippen molar-refractivity contribution in [1.82, 2.24) is 9.97 Å². The van der Waals surface area contributed by atoms with Crippen LogP contribution < -0.4 is 5.32 Å². The Kier molecular flexibility index (Phi) is 4.08. The molecule has 0 fully saturated rings. The van der Waals surface area contributed by atoms with Crippen molar-refractivity contribution in [3.05, 3.63) is 16.3 Å². The van der Waals surface area contributed by atoms with Crippen LogP contribution in [0.2, 0.25) is 0 Å². The number of fused-ring (bicyclic) bond motifs is 1. The van der Waals surface area contributed by atoms with Crippen molar-refractivity contribution in [3.8, 4) is 0 Å². The number of ether oxygens (including phenoxy) is 1. The molecule has 2 rings (SSSR count).